The molecule has 17 heavy (non-hydrogen) atoms. The Morgan fingerprint density at radius 1 is 1.29 bits per heavy atom. The van der Waals surface area contributed by atoms with Crippen LogP contribution in [0.1, 0.15) is 12.0 Å². The van der Waals surface area contributed by atoms with Gasteiger partial charge in [0.1, 0.15) is 0 Å². The van der Waals surface area contributed by atoms with Crippen LogP contribution in [0.3, 0.4) is 0 Å². The van der Waals surface area contributed by atoms with Gasteiger partial charge in [-0.1, -0.05) is 23.7 Å². The molecule has 1 aliphatic rings. The summed E-state index contributed by atoms with van der Waals surface area (Å²) in [6, 6.07) is 7.43. The standard InChI is InChI=1S/C12H13ClO2S2/c13-10-4-2-9(3-5-10)8-12(11(14)15)16-6-1-7-17-12/h2-5H,1,6-8H2,(H,14,15). The number of carboxylic acids is 1. The second-order valence-corrected chi connectivity index (χ2v) is 7.39. The fourth-order valence-corrected chi connectivity index (χ4v) is 4.91. The first-order valence-electron chi connectivity index (χ1n) is 5.38. The van der Waals surface area contributed by atoms with Gasteiger partial charge in [0.25, 0.3) is 0 Å². The molecule has 0 aromatic heterocycles. The Hall–Kier alpha value is -0.320. The molecule has 0 atom stereocenters. The summed E-state index contributed by atoms with van der Waals surface area (Å²) in [4.78, 5) is 11.5. The summed E-state index contributed by atoms with van der Waals surface area (Å²) in [5.74, 6) is 1.13. The van der Waals surface area contributed by atoms with Gasteiger partial charge in [0.15, 0.2) is 4.08 Å². The third kappa shape index (κ3) is 3.12. The molecule has 0 spiro atoms. The largest absolute Gasteiger partial charge is 0.480 e. The molecule has 2 nitrogen and oxygen atoms in total. The normalized spacial score (nSPS) is 18.9. The van der Waals surface area contributed by atoms with Crippen molar-refractivity contribution in [1.82, 2.24) is 0 Å². The van der Waals surface area contributed by atoms with Gasteiger partial charge in [-0.15, -0.1) is 23.5 Å². The monoisotopic (exact) mass is 288 g/mol. The van der Waals surface area contributed by atoms with Crippen LogP contribution >= 0.6 is 35.1 Å². The SMILES string of the molecule is O=C(O)C1(Cc2ccc(Cl)cc2)SCCCS1. The zero-order chi connectivity index (χ0) is 12.3. The molecule has 1 N–H and O–H groups in total. The molecule has 0 saturated carbocycles. The van der Waals surface area contributed by atoms with E-state index in [0.29, 0.717) is 11.4 Å². The van der Waals surface area contributed by atoms with Crippen molar-refractivity contribution in [1.29, 1.82) is 0 Å². The van der Waals surface area contributed by atoms with Crippen molar-refractivity contribution in [2.45, 2.75) is 16.9 Å². The van der Waals surface area contributed by atoms with E-state index in [-0.39, 0.29) is 0 Å². The zero-order valence-corrected chi connectivity index (χ0v) is 11.6. The lowest BCUT2D eigenvalue weighted by molar-refractivity contribution is -0.137. The molecular weight excluding hydrogens is 276 g/mol. The van der Waals surface area contributed by atoms with Gasteiger partial charge in [-0.2, -0.15) is 0 Å². The van der Waals surface area contributed by atoms with Crippen molar-refractivity contribution in [2.24, 2.45) is 0 Å². The third-order valence-electron chi connectivity index (χ3n) is 2.64. The van der Waals surface area contributed by atoms with Gasteiger partial charge in [0.2, 0.25) is 0 Å². The van der Waals surface area contributed by atoms with Gasteiger partial charge in [0, 0.05) is 11.4 Å². The number of carboxylic acid groups (broad SMARTS) is 1. The molecule has 1 heterocycles. The van der Waals surface area contributed by atoms with Gasteiger partial charge in [-0.25, -0.2) is 4.79 Å². The number of carbonyl (C=O) groups is 1. The first kappa shape index (κ1) is 13.1. The number of halogens is 1. The van der Waals surface area contributed by atoms with Crippen molar-refractivity contribution in [3.05, 3.63) is 34.9 Å². The van der Waals surface area contributed by atoms with Crippen molar-refractivity contribution in [2.75, 3.05) is 11.5 Å². The van der Waals surface area contributed by atoms with Crippen LogP contribution in [0.25, 0.3) is 0 Å². The van der Waals surface area contributed by atoms with E-state index in [9.17, 15) is 9.90 Å². The minimum absolute atomic E-state index is 0.550. The molecule has 5 heteroatoms. The van der Waals surface area contributed by atoms with Crippen LogP contribution in [0.15, 0.2) is 24.3 Å². The summed E-state index contributed by atoms with van der Waals surface area (Å²) < 4.78 is -0.716. The van der Waals surface area contributed by atoms with E-state index in [1.165, 1.54) is 0 Å². The highest BCUT2D eigenvalue weighted by Gasteiger charge is 2.41. The Labute approximate surface area is 114 Å². The molecule has 1 fully saturated rings. The molecule has 2 rings (SSSR count). The first-order valence-corrected chi connectivity index (χ1v) is 7.73. The lowest BCUT2D eigenvalue weighted by Gasteiger charge is -2.31. The highest BCUT2D eigenvalue weighted by molar-refractivity contribution is 8.19. The molecular formula is C12H13ClO2S2. The van der Waals surface area contributed by atoms with Crippen molar-refractivity contribution < 1.29 is 9.90 Å². The van der Waals surface area contributed by atoms with Gasteiger partial charge < -0.3 is 5.11 Å². The van der Waals surface area contributed by atoms with Gasteiger partial charge in [-0.05, 0) is 35.6 Å². The maximum absolute atomic E-state index is 11.5. The van der Waals surface area contributed by atoms with Gasteiger partial charge in [-0.3, -0.25) is 0 Å². The van der Waals surface area contributed by atoms with Crippen molar-refractivity contribution in [3.63, 3.8) is 0 Å². The van der Waals surface area contributed by atoms with E-state index >= 15 is 0 Å². The minimum Gasteiger partial charge on any atom is -0.480 e. The quantitative estimate of drug-likeness (QED) is 0.923. The summed E-state index contributed by atoms with van der Waals surface area (Å²) in [6.45, 7) is 0. The number of aliphatic carboxylic acids is 1. The smallest absolute Gasteiger partial charge is 0.330 e. The average molecular weight is 289 g/mol. The number of benzene rings is 1. The average Bonchev–Trinajstić information content (AvgIpc) is 2.33. The molecule has 0 unspecified atom stereocenters. The Bertz CT molecular complexity index is 399. The predicted molar refractivity (Wildman–Crippen MR) is 75.1 cm³/mol. The molecule has 1 aromatic carbocycles. The zero-order valence-electron chi connectivity index (χ0n) is 9.19. The molecule has 92 valence electrons. The van der Waals surface area contributed by atoms with E-state index in [4.69, 9.17) is 11.6 Å². The van der Waals surface area contributed by atoms with Crippen LogP contribution in [-0.2, 0) is 11.2 Å². The summed E-state index contributed by atoms with van der Waals surface area (Å²) >= 11 is 8.92. The molecule has 1 saturated heterocycles. The topological polar surface area (TPSA) is 37.3 Å². The van der Waals surface area contributed by atoms with Crippen LogP contribution in [0.5, 0.6) is 0 Å². The second-order valence-electron chi connectivity index (χ2n) is 3.91. The van der Waals surface area contributed by atoms with Gasteiger partial charge >= 0.3 is 5.97 Å². The summed E-state index contributed by atoms with van der Waals surface area (Å²) in [5, 5.41) is 10.1. The molecule has 0 bridgehead atoms. The Kier molecular flexibility index (Phi) is 4.28. The van der Waals surface area contributed by atoms with E-state index in [1.54, 1.807) is 23.5 Å². The van der Waals surface area contributed by atoms with E-state index < -0.39 is 10.0 Å². The lowest BCUT2D eigenvalue weighted by atomic mass is 10.1. The van der Waals surface area contributed by atoms with Gasteiger partial charge in [0.05, 0.1) is 0 Å². The second kappa shape index (κ2) is 5.55. The van der Waals surface area contributed by atoms with Crippen molar-refractivity contribution >= 4 is 41.1 Å². The molecule has 0 aliphatic carbocycles. The molecule has 0 amide bonds. The van der Waals surface area contributed by atoms with Crippen LogP contribution in [0, 0.1) is 0 Å². The van der Waals surface area contributed by atoms with E-state index in [1.807, 2.05) is 24.3 Å². The van der Waals surface area contributed by atoms with Crippen LogP contribution in [0.2, 0.25) is 5.02 Å². The highest BCUT2D eigenvalue weighted by atomic mass is 35.5. The Morgan fingerprint density at radius 3 is 2.41 bits per heavy atom. The molecule has 0 radical (unpaired) electrons. The number of rotatable bonds is 3. The minimum atomic E-state index is -0.720. The number of hydrogen-bond acceptors (Lipinski definition) is 3. The molecule has 1 aromatic rings. The van der Waals surface area contributed by atoms with Crippen LogP contribution in [0.4, 0.5) is 0 Å². The Balaban J connectivity index is 2.17. The summed E-state index contributed by atoms with van der Waals surface area (Å²) in [7, 11) is 0. The maximum Gasteiger partial charge on any atom is 0.330 e. The highest BCUT2D eigenvalue weighted by Crippen LogP contribution is 2.44. The first-order chi connectivity index (χ1) is 8.12. The number of hydrogen-bond donors (Lipinski definition) is 1. The summed E-state index contributed by atoms with van der Waals surface area (Å²) in [6.07, 6.45) is 1.64. The fourth-order valence-electron chi connectivity index (χ4n) is 1.75. The Morgan fingerprint density at radius 2 is 1.88 bits per heavy atom. The van der Waals surface area contributed by atoms with E-state index in [0.717, 1.165) is 23.5 Å². The van der Waals surface area contributed by atoms with Crippen molar-refractivity contribution in [3.8, 4) is 0 Å². The van der Waals surface area contributed by atoms with Crippen LogP contribution in [-0.4, -0.2) is 26.7 Å². The predicted octanol–water partition coefficient (Wildman–Crippen LogP) is 3.53. The maximum atomic E-state index is 11.5. The third-order valence-corrected chi connectivity index (χ3v) is 6.15. The van der Waals surface area contributed by atoms with E-state index in [2.05, 4.69) is 0 Å². The van der Waals surface area contributed by atoms with Crippen LogP contribution < -0.4 is 0 Å². The lowest BCUT2D eigenvalue weighted by Crippen LogP contribution is -2.36. The fraction of sp³-hybridized carbons (Fsp3) is 0.417. The summed E-state index contributed by atoms with van der Waals surface area (Å²) in [5.41, 5.74) is 1.03. The molecule has 1 aliphatic heterocycles. The number of thioether (sulfide) groups is 2.